The Labute approximate surface area is 183 Å². The van der Waals surface area contributed by atoms with Crippen LogP contribution in [-0.4, -0.2) is 66.1 Å². The normalized spacial score (nSPS) is 25.3. The van der Waals surface area contributed by atoms with E-state index >= 15 is 0 Å². The van der Waals surface area contributed by atoms with Crippen molar-refractivity contribution in [2.24, 2.45) is 23.3 Å². The molecule has 1 saturated heterocycles. The molecule has 1 saturated carbocycles. The summed E-state index contributed by atoms with van der Waals surface area (Å²) >= 11 is 0. The lowest BCUT2D eigenvalue weighted by atomic mass is 10.1. The molecule has 1 aromatic rings. The molecule has 0 radical (unpaired) electrons. The van der Waals surface area contributed by atoms with E-state index in [2.05, 4.69) is 20.2 Å². The van der Waals surface area contributed by atoms with Gasteiger partial charge in [-0.2, -0.15) is 0 Å². The minimum atomic E-state index is -0.222. The standard InChI is InChI=1S/C22H32N8O/c1-14(28-20-12-31-13-29(2)21(20)25)18(23)5-3-4-6-19(24)17-8-26-22(27-9-17)30-10-15-7-16(15)11-30/h3-6,8-9,14-16,18,24,28H,7,10-13,23,25H2,1-2H3/b5-3?,6-4-,24-19?/t14-,15?,16?,18?/m0/s1. The molecular formula is C22H32N8O. The zero-order valence-corrected chi connectivity index (χ0v) is 18.2. The van der Waals surface area contributed by atoms with Gasteiger partial charge >= 0.3 is 0 Å². The van der Waals surface area contributed by atoms with Gasteiger partial charge in [0.25, 0.3) is 0 Å². The number of nitrogens with zero attached hydrogens (tertiary/aromatic N) is 4. The minimum Gasteiger partial charge on any atom is -0.384 e. The van der Waals surface area contributed by atoms with Crippen molar-refractivity contribution in [1.82, 2.24) is 20.2 Å². The van der Waals surface area contributed by atoms with Gasteiger partial charge in [0.2, 0.25) is 5.95 Å². The highest BCUT2D eigenvalue weighted by atomic mass is 16.5. The fourth-order valence-electron chi connectivity index (χ4n) is 3.94. The van der Waals surface area contributed by atoms with E-state index in [0.29, 0.717) is 30.4 Å². The molecule has 6 N–H and O–H groups in total. The van der Waals surface area contributed by atoms with E-state index in [9.17, 15) is 0 Å². The molecule has 3 unspecified atom stereocenters. The summed E-state index contributed by atoms with van der Waals surface area (Å²) in [5, 5.41) is 11.6. The molecule has 166 valence electrons. The Hall–Kier alpha value is -2.91. The molecule has 1 aromatic heterocycles. The maximum absolute atomic E-state index is 8.23. The first-order valence-corrected chi connectivity index (χ1v) is 10.7. The van der Waals surface area contributed by atoms with Gasteiger partial charge in [0, 0.05) is 50.2 Å². The molecule has 9 nitrogen and oxygen atoms in total. The Morgan fingerprint density at radius 2 is 2.00 bits per heavy atom. The average molecular weight is 425 g/mol. The smallest absolute Gasteiger partial charge is 0.225 e. The second-order valence-electron chi connectivity index (χ2n) is 8.64. The second kappa shape index (κ2) is 9.07. The molecule has 4 atom stereocenters. The summed E-state index contributed by atoms with van der Waals surface area (Å²) in [5.74, 6) is 3.13. The first-order valence-electron chi connectivity index (χ1n) is 10.7. The SMILES string of the molecule is C[C@H](NC1=C(N)N(C)COC1)C(N)C=C/C=C\C(=N)c1cnc(N2CC3CC3C2)nc1. The van der Waals surface area contributed by atoms with Gasteiger partial charge in [-0.05, 0) is 31.3 Å². The van der Waals surface area contributed by atoms with E-state index in [1.54, 1.807) is 18.5 Å². The Morgan fingerprint density at radius 1 is 1.29 bits per heavy atom. The number of aromatic nitrogens is 2. The highest BCUT2D eigenvalue weighted by Crippen LogP contribution is 2.45. The molecule has 3 heterocycles. The quantitative estimate of drug-likeness (QED) is 0.356. The fraction of sp³-hybridized carbons (Fsp3) is 0.500. The summed E-state index contributed by atoms with van der Waals surface area (Å²) in [6, 6.07) is -0.244. The van der Waals surface area contributed by atoms with Crippen molar-refractivity contribution < 1.29 is 4.74 Å². The third kappa shape index (κ3) is 5.05. The van der Waals surface area contributed by atoms with Crippen molar-refractivity contribution in [3.8, 4) is 0 Å². The van der Waals surface area contributed by atoms with Gasteiger partial charge in [0.15, 0.2) is 0 Å². The minimum absolute atomic E-state index is 0.0229. The fourth-order valence-corrected chi connectivity index (χ4v) is 3.94. The van der Waals surface area contributed by atoms with Crippen molar-refractivity contribution in [3.05, 3.63) is 53.8 Å². The zero-order valence-electron chi connectivity index (χ0n) is 18.2. The molecule has 4 rings (SSSR count). The van der Waals surface area contributed by atoms with E-state index in [1.807, 2.05) is 37.1 Å². The average Bonchev–Trinajstić information content (AvgIpc) is 3.39. The lowest BCUT2D eigenvalue weighted by Gasteiger charge is -2.31. The molecule has 2 fully saturated rings. The van der Waals surface area contributed by atoms with Crippen LogP contribution in [0.2, 0.25) is 0 Å². The highest BCUT2D eigenvalue weighted by molar-refractivity contribution is 6.06. The summed E-state index contributed by atoms with van der Waals surface area (Å²) in [5.41, 5.74) is 14.2. The van der Waals surface area contributed by atoms with Crippen molar-refractivity contribution in [2.75, 3.05) is 38.4 Å². The van der Waals surface area contributed by atoms with Gasteiger partial charge in [-0.3, -0.25) is 0 Å². The van der Waals surface area contributed by atoms with Crippen molar-refractivity contribution in [2.45, 2.75) is 25.4 Å². The predicted octanol–water partition coefficient (Wildman–Crippen LogP) is 0.766. The Bertz CT molecular complexity index is 883. The molecule has 0 amide bonds. The van der Waals surface area contributed by atoms with Crippen LogP contribution in [0.4, 0.5) is 5.95 Å². The topological polar surface area (TPSA) is 129 Å². The van der Waals surface area contributed by atoms with Crippen molar-refractivity contribution in [3.63, 3.8) is 0 Å². The van der Waals surface area contributed by atoms with Crippen LogP contribution in [-0.2, 0) is 4.74 Å². The van der Waals surface area contributed by atoms with Crippen LogP contribution in [0.15, 0.2) is 48.2 Å². The van der Waals surface area contributed by atoms with Crippen LogP contribution in [0.25, 0.3) is 0 Å². The largest absolute Gasteiger partial charge is 0.384 e. The van der Waals surface area contributed by atoms with Crippen LogP contribution in [0.5, 0.6) is 0 Å². The molecule has 0 bridgehead atoms. The van der Waals surface area contributed by atoms with Gasteiger partial charge in [0.05, 0.1) is 18.0 Å². The van der Waals surface area contributed by atoms with E-state index in [4.69, 9.17) is 21.6 Å². The first kappa shape index (κ1) is 21.3. The summed E-state index contributed by atoms with van der Waals surface area (Å²) in [6.45, 7) is 5.06. The summed E-state index contributed by atoms with van der Waals surface area (Å²) < 4.78 is 5.47. The molecular weight excluding hydrogens is 392 g/mol. The molecule has 9 heteroatoms. The number of hydrogen-bond donors (Lipinski definition) is 4. The number of piperidine rings is 1. The maximum atomic E-state index is 8.23. The Morgan fingerprint density at radius 3 is 2.71 bits per heavy atom. The third-order valence-corrected chi connectivity index (χ3v) is 6.15. The second-order valence-corrected chi connectivity index (χ2v) is 8.64. The summed E-state index contributed by atoms with van der Waals surface area (Å²) in [7, 11) is 1.88. The van der Waals surface area contributed by atoms with Crippen LogP contribution in [0.3, 0.4) is 0 Å². The van der Waals surface area contributed by atoms with Crippen LogP contribution in [0, 0.1) is 17.2 Å². The number of hydrogen-bond acceptors (Lipinski definition) is 9. The van der Waals surface area contributed by atoms with Gasteiger partial charge in [-0.15, -0.1) is 0 Å². The Balaban J connectivity index is 1.26. The first-order chi connectivity index (χ1) is 14.9. The van der Waals surface area contributed by atoms with Crippen molar-refractivity contribution >= 4 is 11.7 Å². The molecule has 3 aliphatic rings. The lowest BCUT2D eigenvalue weighted by Crippen LogP contribution is -2.46. The van der Waals surface area contributed by atoms with Crippen LogP contribution < -0.4 is 21.7 Å². The van der Waals surface area contributed by atoms with E-state index in [0.717, 1.165) is 36.6 Å². The number of rotatable bonds is 8. The molecule has 1 aliphatic carbocycles. The van der Waals surface area contributed by atoms with Gasteiger partial charge in [-0.25, -0.2) is 9.97 Å². The van der Waals surface area contributed by atoms with Gasteiger partial charge in [-0.1, -0.05) is 18.2 Å². The molecule has 0 spiro atoms. The summed E-state index contributed by atoms with van der Waals surface area (Å²) in [4.78, 5) is 13.0. The number of ether oxygens (including phenoxy) is 1. The number of nitrogens with two attached hydrogens (primary N) is 2. The predicted molar refractivity (Wildman–Crippen MR) is 121 cm³/mol. The number of allylic oxidation sites excluding steroid dienone is 3. The Kier molecular flexibility index (Phi) is 6.24. The monoisotopic (exact) mass is 424 g/mol. The van der Waals surface area contributed by atoms with Crippen molar-refractivity contribution in [1.29, 1.82) is 5.41 Å². The van der Waals surface area contributed by atoms with Gasteiger partial charge < -0.3 is 36.7 Å². The van der Waals surface area contributed by atoms with Gasteiger partial charge in [0.1, 0.15) is 12.6 Å². The van der Waals surface area contributed by atoms with Crippen LogP contribution in [0.1, 0.15) is 18.9 Å². The van der Waals surface area contributed by atoms with E-state index in [1.165, 1.54) is 6.42 Å². The number of anilines is 1. The molecule has 2 aliphatic heterocycles. The van der Waals surface area contributed by atoms with E-state index < -0.39 is 0 Å². The highest BCUT2D eigenvalue weighted by Gasteiger charge is 2.45. The number of nitrogens with one attached hydrogen (secondary N) is 2. The molecule has 0 aromatic carbocycles. The third-order valence-electron chi connectivity index (χ3n) is 6.15. The van der Waals surface area contributed by atoms with Crippen LogP contribution >= 0.6 is 0 Å². The zero-order chi connectivity index (χ0) is 22.0. The molecule has 31 heavy (non-hydrogen) atoms. The van der Waals surface area contributed by atoms with E-state index in [-0.39, 0.29) is 12.1 Å². The number of fused-ring (bicyclic) bond motifs is 1. The lowest BCUT2D eigenvalue weighted by molar-refractivity contribution is 0.0484. The maximum Gasteiger partial charge on any atom is 0.225 e. The summed E-state index contributed by atoms with van der Waals surface area (Å²) in [6.07, 6.45) is 12.1.